The summed E-state index contributed by atoms with van der Waals surface area (Å²) >= 11 is 0. The van der Waals surface area contributed by atoms with Crippen LogP contribution in [0.1, 0.15) is 13.8 Å². The second-order valence-electron chi connectivity index (χ2n) is 1.89. The molecule has 1 nitrogen and oxygen atoms in total. The van der Waals surface area contributed by atoms with E-state index >= 15 is 0 Å². The average Bonchev–Trinajstić information content (AvgIpc) is 1.89. The number of allylic oxidation sites excluding steroid dienone is 2. The highest BCUT2D eigenvalue weighted by Crippen LogP contribution is 2.05. The van der Waals surface area contributed by atoms with E-state index in [1.165, 1.54) is 0 Å². The lowest BCUT2D eigenvalue weighted by Gasteiger charge is -2.00. The molecule has 0 atom stereocenters. The van der Waals surface area contributed by atoms with E-state index in [4.69, 9.17) is 4.74 Å². The highest BCUT2D eigenvalue weighted by Gasteiger charge is 1.91. The van der Waals surface area contributed by atoms with Crippen molar-refractivity contribution in [2.45, 2.75) is 13.8 Å². The SMILES string of the molecule is C=C(C)/C(=C\C#CC)OC. The number of ether oxygens (including phenoxy) is 1. The summed E-state index contributed by atoms with van der Waals surface area (Å²) in [7, 11) is 1.61. The Kier molecular flexibility index (Phi) is 4.15. The standard InChI is InChI=1S/C9H12O/c1-5-6-7-9(10-4)8(2)3/h7H,2H2,1,3-4H3/b9-7+. The van der Waals surface area contributed by atoms with E-state index in [0.29, 0.717) is 0 Å². The van der Waals surface area contributed by atoms with Crippen molar-refractivity contribution >= 4 is 0 Å². The minimum atomic E-state index is 0.745. The molecule has 0 N–H and O–H groups in total. The fourth-order valence-electron chi connectivity index (χ4n) is 0.494. The molecule has 0 amide bonds. The first-order valence-electron chi connectivity index (χ1n) is 3.04. The summed E-state index contributed by atoms with van der Waals surface area (Å²) < 4.78 is 4.97. The number of methoxy groups -OCH3 is 1. The predicted molar refractivity (Wildman–Crippen MR) is 43.4 cm³/mol. The van der Waals surface area contributed by atoms with Gasteiger partial charge in [0.25, 0.3) is 0 Å². The molecule has 1 heteroatoms. The van der Waals surface area contributed by atoms with Gasteiger partial charge in [-0.15, -0.1) is 5.92 Å². The largest absolute Gasteiger partial charge is 0.496 e. The van der Waals surface area contributed by atoms with E-state index in [9.17, 15) is 0 Å². The Morgan fingerprint density at radius 2 is 2.20 bits per heavy atom. The second kappa shape index (κ2) is 4.69. The minimum absolute atomic E-state index is 0.745. The zero-order chi connectivity index (χ0) is 7.98. The normalized spacial score (nSPS) is 9.70. The maximum atomic E-state index is 4.97. The van der Waals surface area contributed by atoms with E-state index in [-0.39, 0.29) is 0 Å². The molecule has 0 fully saturated rings. The molecule has 0 bridgehead atoms. The van der Waals surface area contributed by atoms with Crippen molar-refractivity contribution in [3.05, 3.63) is 24.0 Å². The first-order chi connectivity index (χ1) is 4.72. The average molecular weight is 136 g/mol. The van der Waals surface area contributed by atoms with Gasteiger partial charge in [0.2, 0.25) is 0 Å². The molecule has 0 aliphatic rings. The van der Waals surface area contributed by atoms with E-state index in [1.54, 1.807) is 20.1 Å². The highest BCUT2D eigenvalue weighted by molar-refractivity contribution is 5.28. The van der Waals surface area contributed by atoms with Gasteiger partial charge in [0.1, 0.15) is 5.76 Å². The predicted octanol–water partition coefficient (Wildman–Crippen LogP) is 2.12. The van der Waals surface area contributed by atoms with E-state index in [2.05, 4.69) is 18.4 Å². The smallest absolute Gasteiger partial charge is 0.129 e. The van der Waals surface area contributed by atoms with Crippen LogP contribution >= 0.6 is 0 Å². The van der Waals surface area contributed by atoms with Gasteiger partial charge in [-0.1, -0.05) is 12.5 Å². The molecule has 0 saturated carbocycles. The Bertz CT molecular complexity index is 201. The third-order valence-corrected chi connectivity index (χ3v) is 0.988. The summed E-state index contributed by atoms with van der Waals surface area (Å²) in [6.07, 6.45) is 1.71. The Morgan fingerprint density at radius 3 is 2.50 bits per heavy atom. The lowest BCUT2D eigenvalue weighted by molar-refractivity contribution is 0.301. The second-order valence-corrected chi connectivity index (χ2v) is 1.89. The van der Waals surface area contributed by atoms with Gasteiger partial charge in [-0.25, -0.2) is 0 Å². The van der Waals surface area contributed by atoms with E-state index < -0.39 is 0 Å². The molecule has 0 aliphatic heterocycles. The first-order valence-corrected chi connectivity index (χ1v) is 3.04. The van der Waals surface area contributed by atoms with Crippen molar-refractivity contribution in [2.75, 3.05) is 7.11 Å². The fraction of sp³-hybridized carbons (Fsp3) is 0.333. The molecular weight excluding hydrogens is 124 g/mol. The molecule has 0 aromatic carbocycles. The molecule has 0 aliphatic carbocycles. The van der Waals surface area contributed by atoms with Crippen molar-refractivity contribution in [1.82, 2.24) is 0 Å². The molecule has 10 heavy (non-hydrogen) atoms. The number of hydrogen-bond donors (Lipinski definition) is 0. The van der Waals surface area contributed by atoms with Gasteiger partial charge in [-0.2, -0.15) is 0 Å². The Labute approximate surface area is 62.4 Å². The molecule has 0 saturated heterocycles. The number of rotatable bonds is 2. The fourth-order valence-corrected chi connectivity index (χ4v) is 0.494. The lowest BCUT2D eigenvalue weighted by atomic mass is 10.3. The van der Waals surface area contributed by atoms with Crippen LogP contribution in [-0.2, 0) is 4.74 Å². The molecule has 0 rings (SSSR count). The Balaban J connectivity index is 4.28. The molecule has 0 heterocycles. The summed E-state index contributed by atoms with van der Waals surface area (Å²) in [6.45, 7) is 7.38. The van der Waals surface area contributed by atoms with E-state index in [1.807, 2.05) is 6.92 Å². The molecule has 0 spiro atoms. The van der Waals surface area contributed by atoms with Gasteiger partial charge in [-0.3, -0.25) is 0 Å². The van der Waals surface area contributed by atoms with Gasteiger partial charge in [0, 0.05) is 6.08 Å². The van der Waals surface area contributed by atoms with Crippen molar-refractivity contribution in [1.29, 1.82) is 0 Å². The van der Waals surface area contributed by atoms with Crippen LogP contribution in [0.2, 0.25) is 0 Å². The van der Waals surface area contributed by atoms with Crippen molar-refractivity contribution in [2.24, 2.45) is 0 Å². The van der Waals surface area contributed by atoms with Crippen LogP contribution in [0.25, 0.3) is 0 Å². The van der Waals surface area contributed by atoms with Crippen LogP contribution in [0.3, 0.4) is 0 Å². The van der Waals surface area contributed by atoms with Crippen LogP contribution in [0.15, 0.2) is 24.0 Å². The summed E-state index contributed by atoms with van der Waals surface area (Å²) in [6, 6.07) is 0. The molecule has 0 aromatic rings. The molecule has 0 aromatic heterocycles. The first kappa shape index (κ1) is 8.84. The maximum absolute atomic E-state index is 4.97. The minimum Gasteiger partial charge on any atom is -0.496 e. The summed E-state index contributed by atoms with van der Waals surface area (Å²) in [4.78, 5) is 0. The topological polar surface area (TPSA) is 9.23 Å². The highest BCUT2D eigenvalue weighted by atomic mass is 16.5. The Hall–Kier alpha value is -1.16. The summed E-state index contributed by atoms with van der Waals surface area (Å²) in [5.74, 6) is 6.27. The van der Waals surface area contributed by atoms with Crippen LogP contribution in [0.5, 0.6) is 0 Å². The van der Waals surface area contributed by atoms with Gasteiger partial charge >= 0.3 is 0 Å². The van der Waals surface area contributed by atoms with Gasteiger partial charge < -0.3 is 4.74 Å². The van der Waals surface area contributed by atoms with Gasteiger partial charge in [-0.05, 0) is 19.4 Å². The lowest BCUT2D eigenvalue weighted by Crippen LogP contribution is -1.85. The molecular formula is C9H12O. The van der Waals surface area contributed by atoms with E-state index in [0.717, 1.165) is 11.3 Å². The van der Waals surface area contributed by atoms with Crippen molar-refractivity contribution in [3.8, 4) is 11.8 Å². The van der Waals surface area contributed by atoms with Crippen LogP contribution in [0, 0.1) is 11.8 Å². The van der Waals surface area contributed by atoms with Crippen LogP contribution < -0.4 is 0 Å². The molecule has 54 valence electrons. The summed E-state index contributed by atoms with van der Waals surface area (Å²) in [5, 5.41) is 0. The molecule has 0 unspecified atom stereocenters. The Morgan fingerprint density at radius 1 is 1.60 bits per heavy atom. The zero-order valence-electron chi connectivity index (χ0n) is 6.69. The van der Waals surface area contributed by atoms with Crippen molar-refractivity contribution in [3.63, 3.8) is 0 Å². The van der Waals surface area contributed by atoms with Crippen LogP contribution in [-0.4, -0.2) is 7.11 Å². The summed E-state index contributed by atoms with van der Waals surface area (Å²) in [5.41, 5.74) is 0.894. The zero-order valence-corrected chi connectivity index (χ0v) is 6.69. The third-order valence-electron chi connectivity index (χ3n) is 0.988. The van der Waals surface area contributed by atoms with Gasteiger partial charge in [0.15, 0.2) is 0 Å². The van der Waals surface area contributed by atoms with Gasteiger partial charge in [0.05, 0.1) is 7.11 Å². The molecule has 0 radical (unpaired) electrons. The monoisotopic (exact) mass is 136 g/mol. The van der Waals surface area contributed by atoms with Crippen molar-refractivity contribution < 1.29 is 4.74 Å². The quantitative estimate of drug-likeness (QED) is 0.321. The van der Waals surface area contributed by atoms with Crippen LogP contribution in [0.4, 0.5) is 0 Å². The maximum Gasteiger partial charge on any atom is 0.129 e. The third kappa shape index (κ3) is 2.99. The number of hydrogen-bond acceptors (Lipinski definition) is 1.